The molecule has 1 saturated heterocycles. The van der Waals surface area contributed by atoms with Crippen molar-refractivity contribution in [3.05, 3.63) is 40.2 Å². The number of carbonyl (C=O) groups is 2. The van der Waals surface area contributed by atoms with Crippen LogP contribution in [0, 0.1) is 6.92 Å². The standard InChI is InChI=1S/C18H21N3O4/c1-11-8-17(23)25-15-9-13(5-6-14(11)15)20-18(24)19-12(2)10-21-7-3-4-16(21)22/h5-6,8-9,12H,3-4,7,10H2,1-2H3,(H2,19,20,24)/t12-/m0/s1. The lowest BCUT2D eigenvalue weighted by atomic mass is 10.1. The van der Waals surface area contributed by atoms with Gasteiger partial charge in [0, 0.05) is 48.8 Å². The highest BCUT2D eigenvalue weighted by Gasteiger charge is 2.22. The van der Waals surface area contributed by atoms with Gasteiger partial charge in [0.2, 0.25) is 5.91 Å². The smallest absolute Gasteiger partial charge is 0.336 e. The van der Waals surface area contributed by atoms with Crippen LogP contribution in [0.25, 0.3) is 11.0 Å². The summed E-state index contributed by atoms with van der Waals surface area (Å²) in [4.78, 5) is 37.0. The molecule has 1 aromatic heterocycles. The molecule has 0 unspecified atom stereocenters. The topological polar surface area (TPSA) is 91.7 Å². The van der Waals surface area contributed by atoms with E-state index < -0.39 is 5.63 Å². The fourth-order valence-corrected chi connectivity index (χ4v) is 3.07. The second kappa shape index (κ2) is 6.96. The Hall–Kier alpha value is -2.83. The fourth-order valence-electron chi connectivity index (χ4n) is 3.07. The molecule has 7 heteroatoms. The van der Waals surface area contributed by atoms with Crippen LogP contribution in [0.3, 0.4) is 0 Å². The molecule has 0 radical (unpaired) electrons. The molecule has 1 aromatic carbocycles. The van der Waals surface area contributed by atoms with Gasteiger partial charge in [0.25, 0.3) is 0 Å². The maximum atomic E-state index is 12.1. The molecule has 132 valence electrons. The Balaban J connectivity index is 1.63. The molecule has 0 aliphatic carbocycles. The van der Waals surface area contributed by atoms with E-state index in [1.165, 1.54) is 6.07 Å². The van der Waals surface area contributed by atoms with Crippen LogP contribution in [-0.4, -0.2) is 36.0 Å². The summed E-state index contributed by atoms with van der Waals surface area (Å²) in [5.41, 5.74) is 1.36. The average molecular weight is 343 g/mol. The molecule has 1 aliphatic rings. The molecular weight excluding hydrogens is 322 g/mol. The first-order valence-electron chi connectivity index (χ1n) is 8.32. The lowest BCUT2D eigenvalue weighted by Gasteiger charge is -2.21. The van der Waals surface area contributed by atoms with Crippen LogP contribution < -0.4 is 16.3 Å². The summed E-state index contributed by atoms with van der Waals surface area (Å²) >= 11 is 0. The maximum absolute atomic E-state index is 12.1. The average Bonchev–Trinajstić information content (AvgIpc) is 2.91. The van der Waals surface area contributed by atoms with Gasteiger partial charge in [0.15, 0.2) is 0 Å². The normalized spacial score (nSPS) is 15.4. The maximum Gasteiger partial charge on any atom is 0.336 e. The van der Waals surface area contributed by atoms with Gasteiger partial charge in [-0.2, -0.15) is 0 Å². The van der Waals surface area contributed by atoms with E-state index in [4.69, 9.17) is 4.42 Å². The van der Waals surface area contributed by atoms with Crippen molar-refractivity contribution in [3.63, 3.8) is 0 Å². The minimum absolute atomic E-state index is 0.133. The zero-order valence-corrected chi connectivity index (χ0v) is 14.3. The summed E-state index contributed by atoms with van der Waals surface area (Å²) in [6.07, 6.45) is 1.46. The van der Waals surface area contributed by atoms with Crippen molar-refractivity contribution in [2.45, 2.75) is 32.7 Å². The van der Waals surface area contributed by atoms with E-state index in [-0.39, 0.29) is 18.0 Å². The number of hydrogen-bond acceptors (Lipinski definition) is 4. The van der Waals surface area contributed by atoms with Crippen LogP contribution in [0.2, 0.25) is 0 Å². The predicted molar refractivity (Wildman–Crippen MR) is 94.7 cm³/mol. The van der Waals surface area contributed by atoms with Crippen molar-refractivity contribution in [1.29, 1.82) is 0 Å². The molecule has 2 aromatic rings. The molecule has 2 N–H and O–H groups in total. The first-order chi connectivity index (χ1) is 11.9. The first-order valence-corrected chi connectivity index (χ1v) is 8.32. The van der Waals surface area contributed by atoms with Gasteiger partial charge < -0.3 is 20.0 Å². The third kappa shape index (κ3) is 3.99. The van der Waals surface area contributed by atoms with E-state index >= 15 is 0 Å². The lowest BCUT2D eigenvalue weighted by molar-refractivity contribution is -0.127. The molecule has 0 saturated carbocycles. The van der Waals surface area contributed by atoms with Crippen LogP contribution in [0.5, 0.6) is 0 Å². The lowest BCUT2D eigenvalue weighted by Crippen LogP contribution is -2.44. The van der Waals surface area contributed by atoms with E-state index in [0.717, 1.165) is 23.9 Å². The van der Waals surface area contributed by atoms with Crippen LogP contribution in [0.1, 0.15) is 25.3 Å². The number of aryl methyl sites for hydroxylation is 1. The number of urea groups is 1. The molecule has 1 fully saturated rings. The number of nitrogens with zero attached hydrogens (tertiary/aromatic N) is 1. The van der Waals surface area contributed by atoms with Crippen molar-refractivity contribution >= 4 is 28.6 Å². The van der Waals surface area contributed by atoms with Gasteiger partial charge >= 0.3 is 11.7 Å². The Kier molecular flexibility index (Phi) is 4.74. The second-order valence-corrected chi connectivity index (χ2v) is 6.40. The van der Waals surface area contributed by atoms with Gasteiger partial charge in [-0.3, -0.25) is 4.79 Å². The number of carbonyl (C=O) groups excluding carboxylic acids is 2. The minimum atomic E-state index is -0.421. The summed E-state index contributed by atoms with van der Waals surface area (Å²) in [5, 5.41) is 6.36. The van der Waals surface area contributed by atoms with E-state index in [2.05, 4.69) is 10.6 Å². The Morgan fingerprint density at radius 2 is 2.12 bits per heavy atom. The number of anilines is 1. The Bertz CT molecular complexity index is 874. The number of nitrogens with one attached hydrogen (secondary N) is 2. The predicted octanol–water partition coefficient (Wildman–Crippen LogP) is 2.23. The Morgan fingerprint density at radius 3 is 2.84 bits per heavy atom. The summed E-state index contributed by atoms with van der Waals surface area (Å²) in [5.74, 6) is 0.133. The largest absolute Gasteiger partial charge is 0.423 e. The molecule has 1 aliphatic heterocycles. The number of hydrogen-bond donors (Lipinski definition) is 2. The third-order valence-corrected chi connectivity index (χ3v) is 4.25. The number of benzene rings is 1. The van der Waals surface area contributed by atoms with E-state index in [9.17, 15) is 14.4 Å². The highest BCUT2D eigenvalue weighted by atomic mass is 16.4. The summed E-state index contributed by atoms with van der Waals surface area (Å²) in [6.45, 7) is 4.93. The molecule has 3 rings (SSSR count). The van der Waals surface area contributed by atoms with Crippen LogP contribution in [0.15, 0.2) is 33.5 Å². The quantitative estimate of drug-likeness (QED) is 0.833. The van der Waals surface area contributed by atoms with Gasteiger partial charge in [-0.05, 0) is 38.0 Å². The van der Waals surface area contributed by atoms with Gasteiger partial charge in [-0.25, -0.2) is 9.59 Å². The molecule has 1 atom stereocenters. The van der Waals surface area contributed by atoms with Gasteiger partial charge in [0.05, 0.1) is 0 Å². The first kappa shape index (κ1) is 17.0. The Labute approximate surface area is 145 Å². The van der Waals surface area contributed by atoms with E-state index in [1.54, 1.807) is 23.1 Å². The zero-order chi connectivity index (χ0) is 18.0. The SMILES string of the molecule is Cc1cc(=O)oc2cc(NC(=O)N[C@@H](C)CN3CCCC3=O)ccc12. The monoisotopic (exact) mass is 343 g/mol. The summed E-state index contributed by atoms with van der Waals surface area (Å²) < 4.78 is 5.17. The Morgan fingerprint density at radius 1 is 1.32 bits per heavy atom. The number of rotatable bonds is 4. The van der Waals surface area contributed by atoms with Gasteiger partial charge in [0.1, 0.15) is 5.58 Å². The van der Waals surface area contributed by atoms with Crippen LogP contribution >= 0.6 is 0 Å². The fraction of sp³-hybridized carbons (Fsp3) is 0.389. The van der Waals surface area contributed by atoms with Crippen LogP contribution in [-0.2, 0) is 4.79 Å². The zero-order valence-electron chi connectivity index (χ0n) is 14.3. The summed E-state index contributed by atoms with van der Waals surface area (Å²) in [7, 11) is 0. The highest BCUT2D eigenvalue weighted by molar-refractivity contribution is 5.92. The number of amides is 3. The van der Waals surface area contributed by atoms with Gasteiger partial charge in [-0.15, -0.1) is 0 Å². The van der Waals surface area contributed by atoms with Crippen molar-refractivity contribution in [2.24, 2.45) is 0 Å². The van der Waals surface area contributed by atoms with Crippen molar-refractivity contribution in [1.82, 2.24) is 10.2 Å². The van der Waals surface area contributed by atoms with Crippen molar-refractivity contribution < 1.29 is 14.0 Å². The third-order valence-electron chi connectivity index (χ3n) is 4.25. The molecule has 3 amide bonds. The second-order valence-electron chi connectivity index (χ2n) is 6.40. The number of fused-ring (bicyclic) bond motifs is 1. The highest BCUT2D eigenvalue weighted by Crippen LogP contribution is 2.20. The van der Waals surface area contributed by atoms with Gasteiger partial charge in [-0.1, -0.05) is 0 Å². The molecule has 2 heterocycles. The van der Waals surface area contributed by atoms with E-state index in [1.807, 2.05) is 13.8 Å². The van der Waals surface area contributed by atoms with Crippen molar-refractivity contribution in [2.75, 3.05) is 18.4 Å². The molecule has 0 bridgehead atoms. The molecule has 7 nitrogen and oxygen atoms in total. The number of likely N-dealkylation sites (tertiary alicyclic amines) is 1. The summed E-state index contributed by atoms with van der Waals surface area (Å²) in [6, 6.07) is 6.08. The molecule has 0 spiro atoms. The molecular formula is C18H21N3O4. The van der Waals surface area contributed by atoms with Crippen molar-refractivity contribution in [3.8, 4) is 0 Å². The van der Waals surface area contributed by atoms with Crippen LogP contribution in [0.4, 0.5) is 10.5 Å². The van der Waals surface area contributed by atoms with E-state index in [0.29, 0.717) is 24.2 Å². The minimum Gasteiger partial charge on any atom is -0.423 e. The molecule has 25 heavy (non-hydrogen) atoms.